The molecule has 1 aliphatic heterocycles. The molecule has 2 unspecified atom stereocenters. The summed E-state index contributed by atoms with van der Waals surface area (Å²) in [6.07, 6.45) is 2.98. The Hall–Kier alpha value is -1.72. The number of aliphatic carboxylic acids is 1. The molecule has 1 aliphatic rings. The van der Waals surface area contributed by atoms with Crippen molar-refractivity contribution in [1.29, 1.82) is 0 Å². The second-order valence-electron chi connectivity index (χ2n) is 5.58. The predicted octanol–water partition coefficient (Wildman–Crippen LogP) is 2.13. The van der Waals surface area contributed by atoms with Gasteiger partial charge in [0.15, 0.2) is 0 Å². The minimum absolute atomic E-state index is 0.292. The molecule has 1 fully saturated rings. The lowest BCUT2D eigenvalue weighted by Crippen LogP contribution is -2.42. The lowest BCUT2D eigenvalue weighted by atomic mass is 9.95. The van der Waals surface area contributed by atoms with Gasteiger partial charge in [-0.05, 0) is 48.2 Å². The SMILES string of the molecule is CC1CCN(Cc2ccc(F)cc2/C=C/C(=O)O)CC1O. The van der Waals surface area contributed by atoms with Crippen LogP contribution in [0.4, 0.5) is 4.39 Å². The minimum Gasteiger partial charge on any atom is -0.478 e. The highest BCUT2D eigenvalue weighted by molar-refractivity contribution is 5.85. The first-order chi connectivity index (χ1) is 9.95. The number of aliphatic hydroxyl groups excluding tert-OH is 1. The second-order valence-corrected chi connectivity index (χ2v) is 5.58. The molecule has 0 spiro atoms. The summed E-state index contributed by atoms with van der Waals surface area (Å²) >= 11 is 0. The largest absolute Gasteiger partial charge is 0.478 e. The summed E-state index contributed by atoms with van der Waals surface area (Å²) in [5.41, 5.74) is 1.42. The molecule has 5 heteroatoms. The zero-order valence-corrected chi connectivity index (χ0v) is 12.0. The molecule has 1 aromatic carbocycles. The summed E-state index contributed by atoms with van der Waals surface area (Å²) in [5, 5.41) is 18.6. The van der Waals surface area contributed by atoms with Crippen molar-refractivity contribution in [2.24, 2.45) is 5.92 Å². The quantitative estimate of drug-likeness (QED) is 0.835. The van der Waals surface area contributed by atoms with Gasteiger partial charge in [-0.2, -0.15) is 0 Å². The number of β-amino-alcohol motifs (C(OH)–C–C–N with tert-alkyl or cyclic N) is 1. The molecule has 0 aliphatic carbocycles. The summed E-state index contributed by atoms with van der Waals surface area (Å²) < 4.78 is 13.3. The molecule has 0 bridgehead atoms. The van der Waals surface area contributed by atoms with Gasteiger partial charge in [-0.3, -0.25) is 4.90 Å². The van der Waals surface area contributed by atoms with Crippen LogP contribution in [0.25, 0.3) is 6.08 Å². The summed E-state index contributed by atoms with van der Waals surface area (Å²) in [7, 11) is 0. The molecule has 2 N–H and O–H groups in total. The van der Waals surface area contributed by atoms with E-state index in [1.165, 1.54) is 18.2 Å². The first-order valence-electron chi connectivity index (χ1n) is 7.05. The molecule has 0 radical (unpaired) electrons. The average Bonchev–Trinajstić information content (AvgIpc) is 2.43. The maximum Gasteiger partial charge on any atom is 0.328 e. The van der Waals surface area contributed by atoms with E-state index in [0.717, 1.165) is 24.6 Å². The molecule has 114 valence electrons. The maximum absolute atomic E-state index is 13.3. The molecule has 2 atom stereocenters. The van der Waals surface area contributed by atoms with E-state index in [9.17, 15) is 14.3 Å². The molecular weight excluding hydrogens is 273 g/mol. The molecule has 1 aromatic rings. The molecule has 4 nitrogen and oxygen atoms in total. The van der Waals surface area contributed by atoms with Gasteiger partial charge in [0.1, 0.15) is 5.82 Å². The third-order valence-electron chi connectivity index (χ3n) is 3.91. The van der Waals surface area contributed by atoms with E-state index in [0.29, 0.717) is 24.6 Å². The third kappa shape index (κ3) is 4.37. The van der Waals surface area contributed by atoms with Crippen LogP contribution in [0.5, 0.6) is 0 Å². The van der Waals surface area contributed by atoms with E-state index in [1.54, 1.807) is 6.07 Å². The fourth-order valence-corrected chi connectivity index (χ4v) is 2.52. The van der Waals surface area contributed by atoms with Crippen LogP contribution in [-0.2, 0) is 11.3 Å². The number of likely N-dealkylation sites (tertiary alicyclic amines) is 1. The fraction of sp³-hybridized carbons (Fsp3) is 0.438. The van der Waals surface area contributed by atoms with Crippen LogP contribution < -0.4 is 0 Å². The van der Waals surface area contributed by atoms with Crippen LogP contribution in [0, 0.1) is 11.7 Å². The monoisotopic (exact) mass is 293 g/mol. The van der Waals surface area contributed by atoms with Crippen LogP contribution in [0.15, 0.2) is 24.3 Å². The van der Waals surface area contributed by atoms with E-state index in [-0.39, 0.29) is 6.10 Å². The van der Waals surface area contributed by atoms with Gasteiger partial charge < -0.3 is 10.2 Å². The van der Waals surface area contributed by atoms with E-state index in [2.05, 4.69) is 4.90 Å². The van der Waals surface area contributed by atoms with Crippen molar-refractivity contribution in [2.45, 2.75) is 26.0 Å². The number of benzene rings is 1. The molecule has 0 aromatic heterocycles. The van der Waals surface area contributed by atoms with E-state index in [1.807, 2.05) is 6.92 Å². The summed E-state index contributed by atoms with van der Waals surface area (Å²) in [6, 6.07) is 4.37. The lowest BCUT2D eigenvalue weighted by molar-refractivity contribution is -0.131. The van der Waals surface area contributed by atoms with Crippen LogP contribution >= 0.6 is 0 Å². The summed E-state index contributed by atoms with van der Waals surface area (Å²) in [6.45, 7) is 4.06. The molecule has 2 rings (SSSR count). The Labute approximate surface area is 123 Å². The van der Waals surface area contributed by atoms with E-state index < -0.39 is 11.8 Å². The van der Waals surface area contributed by atoms with Crippen LogP contribution in [0.2, 0.25) is 0 Å². The first kappa shape index (κ1) is 15.7. The van der Waals surface area contributed by atoms with Crippen LogP contribution in [-0.4, -0.2) is 40.3 Å². The number of carboxylic acid groups (broad SMARTS) is 1. The molecule has 1 saturated heterocycles. The number of rotatable bonds is 4. The third-order valence-corrected chi connectivity index (χ3v) is 3.91. The highest BCUT2D eigenvalue weighted by Gasteiger charge is 2.24. The number of hydrogen-bond acceptors (Lipinski definition) is 3. The Bertz CT molecular complexity index is 544. The summed E-state index contributed by atoms with van der Waals surface area (Å²) in [5.74, 6) is -1.16. The van der Waals surface area contributed by atoms with Crippen molar-refractivity contribution in [2.75, 3.05) is 13.1 Å². The number of nitrogens with zero attached hydrogens (tertiary/aromatic N) is 1. The Kier molecular flexibility index (Phi) is 5.09. The van der Waals surface area contributed by atoms with Gasteiger partial charge in [0.2, 0.25) is 0 Å². The highest BCUT2D eigenvalue weighted by Crippen LogP contribution is 2.21. The average molecular weight is 293 g/mol. The molecule has 0 saturated carbocycles. The van der Waals surface area contributed by atoms with Gasteiger partial charge in [0.05, 0.1) is 6.10 Å². The normalized spacial score (nSPS) is 23.6. The maximum atomic E-state index is 13.3. The van der Waals surface area contributed by atoms with Gasteiger partial charge in [0, 0.05) is 19.2 Å². The van der Waals surface area contributed by atoms with Crippen molar-refractivity contribution in [3.8, 4) is 0 Å². The second kappa shape index (κ2) is 6.83. The van der Waals surface area contributed by atoms with Crippen LogP contribution in [0.1, 0.15) is 24.5 Å². The van der Waals surface area contributed by atoms with Crippen molar-refractivity contribution in [1.82, 2.24) is 4.90 Å². The zero-order valence-electron chi connectivity index (χ0n) is 12.0. The number of hydrogen-bond donors (Lipinski definition) is 2. The molecular formula is C16H20FNO3. The summed E-state index contributed by atoms with van der Waals surface area (Å²) in [4.78, 5) is 12.7. The van der Waals surface area contributed by atoms with Gasteiger partial charge in [-0.15, -0.1) is 0 Å². The topological polar surface area (TPSA) is 60.8 Å². The lowest BCUT2D eigenvalue weighted by Gasteiger charge is -2.34. The van der Waals surface area contributed by atoms with Crippen LogP contribution in [0.3, 0.4) is 0 Å². The zero-order chi connectivity index (χ0) is 15.4. The van der Waals surface area contributed by atoms with Crippen molar-refractivity contribution in [3.05, 3.63) is 41.2 Å². The highest BCUT2D eigenvalue weighted by atomic mass is 19.1. The number of carbonyl (C=O) groups is 1. The fourth-order valence-electron chi connectivity index (χ4n) is 2.52. The Balaban J connectivity index is 2.14. The van der Waals surface area contributed by atoms with E-state index in [4.69, 9.17) is 5.11 Å². The smallest absolute Gasteiger partial charge is 0.328 e. The van der Waals surface area contributed by atoms with Gasteiger partial charge in [-0.1, -0.05) is 13.0 Å². The standard InChI is InChI=1S/C16H20FNO3/c1-11-6-7-18(10-15(11)19)9-13-2-4-14(17)8-12(13)3-5-16(20)21/h2-5,8,11,15,19H,6-7,9-10H2,1H3,(H,20,21)/b5-3+. The van der Waals surface area contributed by atoms with Gasteiger partial charge >= 0.3 is 5.97 Å². The Morgan fingerprint density at radius 2 is 2.29 bits per heavy atom. The van der Waals surface area contributed by atoms with E-state index >= 15 is 0 Å². The number of carboxylic acids is 1. The Morgan fingerprint density at radius 1 is 1.52 bits per heavy atom. The van der Waals surface area contributed by atoms with Crippen molar-refractivity contribution >= 4 is 12.0 Å². The molecule has 1 heterocycles. The van der Waals surface area contributed by atoms with Gasteiger partial charge in [-0.25, -0.2) is 9.18 Å². The predicted molar refractivity (Wildman–Crippen MR) is 78.1 cm³/mol. The van der Waals surface area contributed by atoms with Crippen molar-refractivity contribution < 1.29 is 19.4 Å². The first-order valence-corrected chi connectivity index (χ1v) is 7.05. The number of aliphatic hydroxyl groups is 1. The number of piperidine rings is 1. The van der Waals surface area contributed by atoms with Crippen molar-refractivity contribution in [3.63, 3.8) is 0 Å². The van der Waals surface area contributed by atoms with Gasteiger partial charge in [0.25, 0.3) is 0 Å². The minimum atomic E-state index is -1.06. The Morgan fingerprint density at radius 3 is 2.95 bits per heavy atom. The number of halogens is 1. The molecule has 21 heavy (non-hydrogen) atoms. The molecule has 0 amide bonds.